The molecule has 0 fully saturated rings. The summed E-state index contributed by atoms with van der Waals surface area (Å²) in [5.74, 6) is -0.865. The number of hydrogen-bond acceptors (Lipinski definition) is 2. The first-order chi connectivity index (χ1) is 9.15. The molecule has 0 atom stereocenters. The van der Waals surface area contributed by atoms with E-state index in [4.69, 9.17) is 5.11 Å². The fourth-order valence-electron chi connectivity index (χ4n) is 2.15. The standard InChI is InChI=1S/C16H12O2S/c1-10-5-7-11(8-6-10)12-3-2-4-14-13(12)9-15(19-14)16(17)18/h2-9H,1H3,(H,17,18). The predicted octanol–water partition coefficient (Wildman–Crippen LogP) is 4.57. The number of carboxylic acids is 1. The third kappa shape index (κ3) is 2.13. The minimum atomic E-state index is -0.865. The quantitative estimate of drug-likeness (QED) is 0.739. The molecule has 94 valence electrons. The number of aromatic carboxylic acids is 1. The van der Waals surface area contributed by atoms with Gasteiger partial charge in [0.1, 0.15) is 4.88 Å². The monoisotopic (exact) mass is 268 g/mol. The van der Waals surface area contributed by atoms with Crippen LogP contribution in [0.1, 0.15) is 15.2 Å². The molecule has 19 heavy (non-hydrogen) atoms. The fourth-order valence-corrected chi connectivity index (χ4v) is 3.08. The van der Waals surface area contributed by atoms with Crippen molar-refractivity contribution >= 4 is 27.4 Å². The number of carbonyl (C=O) groups is 1. The van der Waals surface area contributed by atoms with Gasteiger partial charge in [-0.2, -0.15) is 0 Å². The molecule has 1 heterocycles. The maximum atomic E-state index is 11.1. The molecular weight excluding hydrogens is 256 g/mol. The number of fused-ring (bicyclic) bond motifs is 1. The van der Waals surface area contributed by atoms with Gasteiger partial charge in [-0.05, 0) is 30.2 Å². The number of benzene rings is 2. The smallest absolute Gasteiger partial charge is 0.345 e. The number of thiophene rings is 1. The Kier molecular flexibility index (Phi) is 2.84. The third-order valence-corrected chi connectivity index (χ3v) is 4.22. The summed E-state index contributed by atoms with van der Waals surface area (Å²) >= 11 is 1.32. The second-order valence-electron chi connectivity index (χ2n) is 4.50. The first kappa shape index (κ1) is 11.9. The van der Waals surface area contributed by atoms with Gasteiger partial charge in [0.25, 0.3) is 0 Å². The molecule has 1 N–H and O–H groups in total. The van der Waals surface area contributed by atoms with Crippen LogP contribution in [0.4, 0.5) is 0 Å². The largest absolute Gasteiger partial charge is 0.477 e. The summed E-state index contributed by atoms with van der Waals surface area (Å²) in [4.78, 5) is 11.5. The summed E-state index contributed by atoms with van der Waals surface area (Å²) < 4.78 is 1.01. The van der Waals surface area contributed by atoms with E-state index < -0.39 is 5.97 Å². The highest BCUT2D eigenvalue weighted by Crippen LogP contribution is 2.34. The van der Waals surface area contributed by atoms with Crippen LogP contribution in [0.25, 0.3) is 21.2 Å². The van der Waals surface area contributed by atoms with Gasteiger partial charge in [-0.3, -0.25) is 0 Å². The van der Waals surface area contributed by atoms with Crippen molar-refractivity contribution in [2.45, 2.75) is 6.92 Å². The third-order valence-electron chi connectivity index (χ3n) is 3.13. The van der Waals surface area contributed by atoms with E-state index in [1.165, 1.54) is 16.9 Å². The van der Waals surface area contributed by atoms with Gasteiger partial charge in [-0.15, -0.1) is 11.3 Å². The highest BCUT2D eigenvalue weighted by Gasteiger charge is 2.11. The number of rotatable bonds is 2. The minimum absolute atomic E-state index is 0.384. The lowest BCUT2D eigenvalue weighted by Crippen LogP contribution is -1.89. The van der Waals surface area contributed by atoms with Crippen molar-refractivity contribution in [3.05, 3.63) is 59.0 Å². The van der Waals surface area contributed by atoms with E-state index in [-0.39, 0.29) is 0 Å². The molecule has 0 aliphatic heterocycles. The van der Waals surface area contributed by atoms with Crippen molar-refractivity contribution in [3.8, 4) is 11.1 Å². The van der Waals surface area contributed by atoms with Gasteiger partial charge in [0, 0.05) is 10.1 Å². The molecule has 3 aromatic rings. The van der Waals surface area contributed by atoms with E-state index in [1.807, 2.05) is 18.2 Å². The first-order valence-corrected chi connectivity index (χ1v) is 6.80. The van der Waals surface area contributed by atoms with Gasteiger partial charge in [0.15, 0.2) is 0 Å². The normalized spacial score (nSPS) is 10.8. The lowest BCUT2D eigenvalue weighted by molar-refractivity contribution is 0.0702. The molecule has 3 rings (SSSR count). The summed E-state index contributed by atoms with van der Waals surface area (Å²) in [5, 5.41) is 10.1. The summed E-state index contributed by atoms with van der Waals surface area (Å²) in [7, 11) is 0. The molecule has 0 spiro atoms. The first-order valence-electron chi connectivity index (χ1n) is 5.98. The topological polar surface area (TPSA) is 37.3 Å². The zero-order valence-corrected chi connectivity index (χ0v) is 11.2. The molecule has 3 heteroatoms. The Labute approximate surface area is 114 Å². The zero-order valence-electron chi connectivity index (χ0n) is 10.4. The molecule has 0 saturated heterocycles. The Morgan fingerprint density at radius 1 is 1.11 bits per heavy atom. The molecule has 0 amide bonds. The predicted molar refractivity (Wildman–Crippen MR) is 79.0 cm³/mol. The van der Waals surface area contributed by atoms with E-state index >= 15 is 0 Å². The van der Waals surface area contributed by atoms with Crippen molar-refractivity contribution in [2.24, 2.45) is 0 Å². The van der Waals surface area contributed by atoms with Crippen molar-refractivity contribution in [3.63, 3.8) is 0 Å². The Hall–Kier alpha value is -2.13. The molecule has 2 nitrogen and oxygen atoms in total. The molecule has 0 saturated carbocycles. The molecule has 2 aromatic carbocycles. The number of aryl methyl sites for hydroxylation is 1. The van der Waals surface area contributed by atoms with Gasteiger partial charge in [0.05, 0.1) is 0 Å². The Morgan fingerprint density at radius 2 is 1.84 bits per heavy atom. The van der Waals surface area contributed by atoms with Crippen LogP contribution in [0, 0.1) is 6.92 Å². The van der Waals surface area contributed by atoms with Crippen molar-refractivity contribution < 1.29 is 9.90 Å². The lowest BCUT2D eigenvalue weighted by Gasteiger charge is -2.04. The Bertz CT molecular complexity index is 754. The van der Waals surface area contributed by atoms with Crippen LogP contribution in [0.5, 0.6) is 0 Å². The van der Waals surface area contributed by atoms with Crippen LogP contribution in [-0.2, 0) is 0 Å². The molecule has 0 bridgehead atoms. The van der Waals surface area contributed by atoms with E-state index in [0.29, 0.717) is 4.88 Å². The van der Waals surface area contributed by atoms with Crippen molar-refractivity contribution in [1.29, 1.82) is 0 Å². The Morgan fingerprint density at radius 3 is 2.53 bits per heavy atom. The van der Waals surface area contributed by atoms with Crippen LogP contribution >= 0.6 is 11.3 Å². The molecule has 0 unspecified atom stereocenters. The molecule has 0 aliphatic rings. The molecule has 0 radical (unpaired) electrons. The lowest BCUT2D eigenvalue weighted by atomic mass is 10.0. The van der Waals surface area contributed by atoms with Gasteiger partial charge in [0.2, 0.25) is 0 Å². The van der Waals surface area contributed by atoms with Crippen LogP contribution in [0.2, 0.25) is 0 Å². The zero-order chi connectivity index (χ0) is 13.4. The maximum absolute atomic E-state index is 11.1. The second-order valence-corrected chi connectivity index (χ2v) is 5.58. The van der Waals surface area contributed by atoms with E-state index in [0.717, 1.165) is 21.2 Å². The van der Waals surface area contributed by atoms with Gasteiger partial charge in [-0.25, -0.2) is 4.79 Å². The van der Waals surface area contributed by atoms with E-state index in [1.54, 1.807) is 6.07 Å². The number of carboxylic acid groups (broad SMARTS) is 1. The van der Waals surface area contributed by atoms with Gasteiger partial charge < -0.3 is 5.11 Å². The summed E-state index contributed by atoms with van der Waals surface area (Å²) in [6, 6.07) is 16.0. The summed E-state index contributed by atoms with van der Waals surface area (Å²) in [6.45, 7) is 2.05. The Balaban J connectivity index is 2.23. The summed E-state index contributed by atoms with van der Waals surface area (Å²) in [5.41, 5.74) is 3.42. The highest BCUT2D eigenvalue weighted by atomic mass is 32.1. The fraction of sp³-hybridized carbons (Fsp3) is 0.0625. The van der Waals surface area contributed by atoms with Gasteiger partial charge >= 0.3 is 5.97 Å². The van der Waals surface area contributed by atoms with Crippen LogP contribution in [-0.4, -0.2) is 11.1 Å². The van der Waals surface area contributed by atoms with Crippen LogP contribution < -0.4 is 0 Å². The highest BCUT2D eigenvalue weighted by molar-refractivity contribution is 7.20. The molecule has 1 aromatic heterocycles. The SMILES string of the molecule is Cc1ccc(-c2cccc3sc(C(=O)O)cc23)cc1. The molecule has 0 aliphatic carbocycles. The van der Waals surface area contributed by atoms with Crippen molar-refractivity contribution in [1.82, 2.24) is 0 Å². The van der Waals surface area contributed by atoms with E-state index in [9.17, 15) is 4.79 Å². The molecular formula is C16H12O2S. The maximum Gasteiger partial charge on any atom is 0.345 e. The van der Waals surface area contributed by atoms with Gasteiger partial charge in [-0.1, -0.05) is 42.0 Å². The second kappa shape index (κ2) is 4.52. The van der Waals surface area contributed by atoms with E-state index in [2.05, 4.69) is 31.2 Å². The van der Waals surface area contributed by atoms with Crippen molar-refractivity contribution in [2.75, 3.05) is 0 Å². The summed E-state index contributed by atoms with van der Waals surface area (Å²) in [6.07, 6.45) is 0. The average molecular weight is 268 g/mol. The minimum Gasteiger partial charge on any atom is -0.477 e. The van der Waals surface area contributed by atoms with Crippen LogP contribution in [0.3, 0.4) is 0 Å². The average Bonchev–Trinajstić information content (AvgIpc) is 2.83. The van der Waals surface area contributed by atoms with Crippen LogP contribution in [0.15, 0.2) is 48.5 Å². The number of hydrogen-bond donors (Lipinski definition) is 1.